The van der Waals surface area contributed by atoms with Crippen molar-refractivity contribution < 1.29 is 9.15 Å². The molecule has 0 amide bonds. The van der Waals surface area contributed by atoms with Gasteiger partial charge in [0.1, 0.15) is 19.4 Å². The molecule has 4 radical (unpaired) electrons. The summed E-state index contributed by atoms with van der Waals surface area (Å²) in [6.45, 7) is 3.56. The molecule has 0 bridgehead atoms. The first-order valence-electron chi connectivity index (χ1n) is 7.82. The third-order valence-electron chi connectivity index (χ3n) is 4.30. The maximum absolute atomic E-state index is 12.6. The standard InChI is InChI=1S/C19H14B2O3/c1-10(20)15-9-14-11-5-3-4-6-12(11)17-13(16(14)18(22)23-15)7-8-19(2,21)24-17/h3-10H,1-2H3. The van der Waals surface area contributed by atoms with E-state index in [9.17, 15) is 4.79 Å². The van der Waals surface area contributed by atoms with Crippen LogP contribution in [0.3, 0.4) is 0 Å². The van der Waals surface area contributed by atoms with E-state index in [2.05, 4.69) is 0 Å². The van der Waals surface area contributed by atoms with Crippen molar-refractivity contribution in [2.75, 3.05) is 0 Å². The lowest BCUT2D eigenvalue weighted by Crippen LogP contribution is -2.32. The second kappa shape index (κ2) is 5.04. The molecule has 0 aliphatic carbocycles. The molecule has 0 spiro atoms. The Balaban J connectivity index is 2.24. The Hall–Kier alpha value is -2.42. The van der Waals surface area contributed by atoms with Crippen molar-refractivity contribution in [1.82, 2.24) is 0 Å². The molecule has 1 aliphatic rings. The Labute approximate surface area is 142 Å². The van der Waals surface area contributed by atoms with E-state index in [-0.39, 0.29) is 5.82 Å². The van der Waals surface area contributed by atoms with E-state index in [1.807, 2.05) is 36.4 Å². The summed E-state index contributed by atoms with van der Waals surface area (Å²) < 4.78 is 11.4. The Kier molecular flexibility index (Phi) is 3.17. The quantitative estimate of drug-likeness (QED) is 0.510. The number of rotatable bonds is 1. The maximum Gasteiger partial charge on any atom is 0.344 e. The smallest absolute Gasteiger partial charge is 0.344 e. The fourth-order valence-corrected chi connectivity index (χ4v) is 3.15. The first-order valence-corrected chi connectivity index (χ1v) is 7.82. The van der Waals surface area contributed by atoms with Crippen LogP contribution in [0.1, 0.15) is 31.0 Å². The highest BCUT2D eigenvalue weighted by atomic mass is 16.5. The van der Waals surface area contributed by atoms with E-state index in [1.54, 1.807) is 19.9 Å². The first kappa shape index (κ1) is 15.1. The van der Waals surface area contributed by atoms with E-state index in [0.717, 1.165) is 16.2 Å². The first-order chi connectivity index (χ1) is 11.4. The summed E-state index contributed by atoms with van der Waals surface area (Å²) >= 11 is 0. The Morgan fingerprint density at radius 3 is 2.58 bits per heavy atom. The molecule has 1 aliphatic heterocycles. The number of hydrogen-bond acceptors (Lipinski definition) is 3. The second-order valence-electron chi connectivity index (χ2n) is 6.42. The Morgan fingerprint density at radius 2 is 1.88 bits per heavy atom. The predicted molar refractivity (Wildman–Crippen MR) is 98.0 cm³/mol. The average Bonchev–Trinajstić information content (AvgIpc) is 2.54. The molecule has 24 heavy (non-hydrogen) atoms. The normalized spacial score (nSPS) is 20.8. The van der Waals surface area contributed by atoms with Gasteiger partial charge in [0.25, 0.3) is 0 Å². The van der Waals surface area contributed by atoms with Crippen LogP contribution in [-0.4, -0.2) is 21.2 Å². The largest absolute Gasteiger partial charge is 0.492 e. The van der Waals surface area contributed by atoms with Crippen LogP contribution in [0, 0.1) is 0 Å². The second-order valence-corrected chi connectivity index (χ2v) is 6.42. The van der Waals surface area contributed by atoms with Crippen LogP contribution < -0.4 is 10.4 Å². The van der Waals surface area contributed by atoms with E-state index in [0.29, 0.717) is 22.5 Å². The fourth-order valence-electron chi connectivity index (χ4n) is 3.15. The van der Waals surface area contributed by atoms with Crippen LogP contribution in [0.25, 0.3) is 27.6 Å². The predicted octanol–water partition coefficient (Wildman–Crippen LogP) is 3.47. The van der Waals surface area contributed by atoms with Crippen LogP contribution in [0.4, 0.5) is 0 Å². The van der Waals surface area contributed by atoms with E-state index < -0.39 is 11.1 Å². The van der Waals surface area contributed by atoms with Gasteiger partial charge < -0.3 is 9.15 Å². The fraction of sp³-hybridized carbons (Fsp3) is 0.211. The van der Waals surface area contributed by atoms with Crippen molar-refractivity contribution in [3.05, 3.63) is 58.2 Å². The van der Waals surface area contributed by atoms with Crippen LogP contribution in [-0.2, 0) is 0 Å². The third-order valence-corrected chi connectivity index (χ3v) is 4.30. The minimum absolute atomic E-state index is 0.365. The summed E-state index contributed by atoms with van der Waals surface area (Å²) in [6, 6.07) is 9.62. The summed E-state index contributed by atoms with van der Waals surface area (Å²) in [5, 5.41) is 3.11. The van der Waals surface area contributed by atoms with Crippen molar-refractivity contribution in [2.45, 2.75) is 25.2 Å². The van der Waals surface area contributed by atoms with E-state index in [4.69, 9.17) is 24.8 Å². The molecule has 4 rings (SSSR count). The molecule has 2 aromatic carbocycles. The van der Waals surface area contributed by atoms with Gasteiger partial charge in [-0.2, -0.15) is 0 Å². The van der Waals surface area contributed by atoms with Crippen molar-refractivity contribution in [2.24, 2.45) is 0 Å². The van der Waals surface area contributed by atoms with Gasteiger partial charge >= 0.3 is 5.63 Å². The molecular formula is C19H14B2O3. The van der Waals surface area contributed by atoms with Gasteiger partial charge in [-0.3, -0.25) is 0 Å². The highest BCUT2D eigenvalue weighted by Crippen LogP contribution is 2.41. The molecular weight excluding hydrogens is 298 g/mol. The molecule has 5 heteroatoms. The van der Waals surface area contributed by atoms with Crippen LogP contribution in [0.2, 0.25) is 0 Å². The van der Waals surface area contributed by atoms with Gasteiger partial charge in [0.15, 0.2) is 0 Å². The van der Waals surface area contributed by atoms with Crippen molar-refractivity contribution in [1.29, 1.82) is 0 Å². The maximum atomic E-state index is 12.6. The topological polar surface area (TPSA) is 39.4 Å². The number of ether oxygens (including phenoxy) is 1. The zero-order valence-corrected chi connectivity index (χ0v) is 13.5. The molecule has 3 aromatic rings. The molecule has 2 atom stereocenters. The van der Waals surface area contributed by atoms with Crippen LogP contribution >= 0.6 is 0 Å². The van der Waals surface area contributed by atoms with E-state index in [1.165, 1.54) is 0 Å². The van der Waals surface area contributed by atoms with Crippen molar-refractivity contribution in [3.63, 3.8) is 0 Å². The molecule has 0 saturated carbocycles. The highest BCUT2D eigenvalue weighted by molar-refractivity contribution is 6.19. The summed E-state index contributed by atoms with van der Waals surface area (Å²) in [5.74, 6) is 0.699. The molecule has 114 valence electrons. The lowest BCUT2D eigenvalue weighted by Gasteiger charge is -2.30. The zero-order chi connectivity index (χ0) is 17.1. The summed E-state index contributed by atoms with van der Waals surface area (Å²) in [6.07, 6.45) is 3.57. The van der Waals surface area contributed by atoms with Crippen molar-refractivity contribution in [3.8, 4) is 5.75 Å². The third kappa shape index (κ3) is 2.19. The van der Waals surface area contributed by atoms with E-state index >= 15 is 0 Å². The van der Waals surface area contributed by atoms with Gasteiger partial charge in [-0.1, -0.05) is 43.3 Å². The highest BCUT2D eigenvalue weighted by Gasteiger charge is 2.26. The minimum atomic E-state index is -0.921. The van der Waals surface area contributed by atoms with Gasteiger partial charge in [0.05, 0.1) is 18.7 Å². The minimum Gasteiger partial charge on any atom is -0.492 e. The Bertz CT molecular complexity index is 1060. The summed E-state index contributed by atoms with van der Waals surface area (Å²) in [7, 11) is 12.0. The number of benzene rings is 2. The summed E-state index contributed by atoms with van der Waals surface area (Å²) in [4.78, 5) is 12.6. The lowest BCUT2D eigenvalue weighted by atomic mass is 9.80. The molecule has 0 fully saturated rings. The van der Waals surface area contributed by atoms with Crippen LogP contribution in [0.15, 0.2) is 45.6 Å². The van der Waals surface area contributed by atoms with Gasteiger partial charge in [-0.05, 0) is 24.2 Å². The average molecular weight is 312 g/mol. The van der Waals surface area contributed by atoms with Gasteiger partial charge in [-0.15, -0.1) is 0 Å². The van der Waals surface area contributed by atoms with Crippen LogP contribution in [0.5, 0.6) is 5.75 Å². The molecule has 3 nitrogen and oxygen atoms in total. The summed E-state index contributed by atoms with van der Waals surface area (Å²) in [5.41, 5.74) is -0.651. The molecule has 0 N–H and O–H groups in total. The SMILES string of the molecule is [B]C(C)c1cc2c(c3c(c4ccccc42)OC([B])(C)C=C3)c(=O)o1. The molecule has 2 heterocycles. The number of hydrogen-bond donors (Lipinski definition) is 0. The monoisotopic (exact) mass is 312 g/mol. The van der Waals surface area contributed by atoms with Crippen molar-refractivity contribution >= 4 is 43.3 Å². The Morgan fingerprint density at radius 1 is 1.17 bits per heavy atom. The molecule has 0 saturated heterocycles. The molecule has 2 unspecified atom stereocenters. The number of fused-ring (bicyclic) bond motifs is 6. The van der Waals surface area contributed by atoms with Gasteiger partial charge in [-0.25, -0.2) is 4.79 Å². The lowest BCUT2D eigenvalue weighted by molar-refractivity contribution is 0.227. The van der Waals surface area contributed by atoms with Gasteiger partial charge in [0.2, 0.25) is 0 Å². The van der Waals surface area contributed by atoms with Gasteiger partial charge in [0, 0.05) is 16.3 Å². The zero-order valence-electron chi connectivity index (χ0n) is 13.5. The molecule has 1 aromatic heterocycles.